The number of nitrogens with one attached hydrogen (secondary N) is 1. The summed E-state index contributed by atoms with van der Waals surface area (Å²) in [6.45, 7) is 0. The van der Waals surface area contributed by atoms with Crippen LogP contribution in [0, 0.1) is 5.82 Å². The fraction of sp³-hybridized carbons (Fsp3) is 0.188. The summed E-state index contributed by atoms with van der Waals surface area (Å²) in [4.78, 5) is 13.0. The molecule has 0 aliphatic rings. The lowest BCUT2D eigenvalue weighted by Gasteiger charge is -2.08. The van der Waals surface area contributed by atoms with Gasteiger partial charge in [0, 0.05) is 11.3 Å². The monoisotopic (exact) mass is 304 g/mol. The number of carbonyl (C=O) groups is 1. The number of amides is 1. The Morgan fingerprint density at radius 2 is 1.95 bits per heavy atom. The Labute approximate surface area is 127 Å². The zero-order valence-electron chi connectivity index (χ0n) is 11.5. The van der Waals surface area contributed by atoms with Crippen molar-refractivity contribution in [2.75, 3.05) is 16.8 Å². The number of rotatable bonds is 6. The molecular formula is C16H17FN2OS. The van der Waals surface area contributed by atoms with E-state index in [9.17, 15) is 9.18 Å². The van der Waals surface area contributed by atoms with E-state index in [0.29, 0.717) is 12.1 Å². The Morgan fingerprint density at radius 3 is 2.67 bits per heavy atom. The normalized spacial score (nSPS) is 10.3. The average molecular weight is 304 g/mol. The maximum absolute atomic E-state index is 12.9. The van der Waals surface area contributed by atoms with Crippen LogP contribution in [0.5, 0.6) is 0 Å². The molecule has 0 aliphatic heterocycles. The van der Waals surface area contributed by atoms with Gasteiger partial charge in [-0.2, -0.15) is 0 Å². The highest BCUT2D eigenvalue weighted by Crippen LogP contribution is 2.21. The number of nitrogen functional groups attached to an aromatic ring is 1. The van der Waals surface area contributed by atoms with E-state index in [1.807, 2.05) is 30.3 Å². The third-order valence-electron chi connectivity index (χ3n) is 2.85. The lowest BCUT2D eigenvalue weighted by Crippen LogP contribution is -2.12. The van der Waals surface area contributed by atoms with Crippen molar-refractivity contribution in [3.63, 3.8) is 0 Å². The lowest BCUT2D eigenvalue weighted by molar-refractivity contribution is -0.116. The summed E-state index contributed by atoms with van der Waals surface area (Å²) in [7, 11) is 0. The van der Waals surface area contributed by atoms with Crippen LogP contribution in [0.4, 0.5) is 15.8 Å². The van der Waals surface area contributed by atoms with Gasteiger partial charge in [0.1, 0.15) is 5.82 Å². The van der Waals surface area contributed by atoms with E-state index in [2.05, 4.69) is 5.32 Å². The molecule has 21 heavy (non-hydrogen) atoms. The van der Waals surface area contributed by atoms with Gasteiger partial charge in [-0.25, -0.2) is 4.39 Å². The van der Waals surface area contributed by atoms with Crippen molar-refractivity contribution < 1.29 is 9.18 Å². The minimum absolute atomic E-state index is 0.109. The summed E-state index contributed by atoms with van der Waals surface area (Å²) < 4.78 is 12.9. The van der Waals surface area contributed by atoms with Crippen LogP contribution in [-0.2, 0) is 4.79 Å². The summed E-state index contributed by atoms with van der Waals surface area (Å²) in [5.74, 6) is 0.350. The minimum Gasteiger partial charge on any atom is -0.397 e. The van der Waals surface area contributed by atoms with Crippen molar-refractivity contribution in [1.82, 2.24) is 0 Å². The Balaban J connectivity index is 1.72. The third kappa shape index (κ3) is 5.11. The number of halogens is 1. The quantitative estimate of drug-likeness (QED) is 0.483. The first-order chi connectivity index (χ1) is 10.1. The fourth-order valence-corrected chi connectivity index (χ4v) is 2.67. The molecule has 2 rings (SSSR count). The van der Waals surface area contributed by atoms with Gasteiger partial charge in [-0.3, -0.25) is 4.79 Å². The molecule has 0 unspecified atom stereocenters. The van der Waals surface area contributed by atoms with E-state index in [1.54, 1.807) is 11.8 Å². The average Bonchev–Trinajstić information content (AvgIpc) is 2.48. The Kier molecular flexibility index (Phi) is 5.63. The molecule has 5 heteroatoms. The molecular weight excluding hydrogens is 287 g/mol. The second kappa shape index (κ2) is 7.69. The van der Waals surface area contributed by atoms with Crippen LogP contribution in [-0.4, -0.2) is 11.7 Å². The first-order valence-electron chi connectivity index (χ1n) is 6.68. The van der Waals surface area contributed by atoms with Crippen molar-refractivity contribution in [2.24, 2.45) is 0 Å². The zero-order valence-corrected chi connectivity index (χ0v) is 12.3. The van der Waals surface area contributed by atoms with E-state index in [1.165, 1.54) is 23.1 Å². The molecule has 0 fully saturated rings. The lowest BCUT2D eigenvalue weighted by atomic mass is 10.2. The highest BCUT2D eigenvalue weighted by molar-refractivity contribution is 7.99. The molecule has 110 valence electrons. The van der Waals surface area contributed by atoms with Crippen LogP contribution < -0.4 is 11.1 Å². The van der Waals surface area contributed by atoms with E-state index in [4.69, 9.17) is 5.73 Å². The molecule has 2 aromatic rings. The fourth-order valence-electron chi connectivity index (χ4n) is 1.80. The summed E-state index contributed by atoms with van der Waals surface area (Å²) in [5.41, 5.74) is 6.34. The van der Waals surface area contributed by atoms with Gasteiger partial charge in [0.25, 0.3) is 0 Å². The predicted molar refractivity (Wildman–Crippen MR) is 85.8 cm³/mol. The van der Waals surface area contributed by atoms with Crippen molar-refractivity contribution in [2.45, 2.75) is 17.7 Å². The number of carbonyl (C=O) groups excluding carboxylic acids is 1. The molecule has 0 aliphatic carbocycles. The largest absolute Gasteiger partial charge is 0.397 e. The number of anilines is 2. The van der Waals surface area contributed by atoms with Crippen LogP contribution in [0.1, 0.15) is 12.8 Å². The van der Waals surface area contributed by atoms with Crippen molar-refractivity contribution in [3.05, 3.63) is 54.3 Å². The summed E-state index contributed by atoms with van der Waals surface area (Å²) in [5, 5.41) is 2.70. The first kappa shape index (κ1) is 15.4. The van der Waals surface area contributed by atoms with Crippen LogP contribution in [0.25, 0.3) is 0 Å². The maximum Gasteiger partial charge on any atom is 0.224 e. The Bertz CT molecular complexity index is 604. The SMILES string of the molecule is Nc1cc(F)ccc1NC(=O)CCCSc1ccccc1. The van der Waals surface area contributed by atoms with Gasteiger partial charge in [-0.05, 0) is 42.5 Å². The Hall–Kier alpha value is -2.01. The zero-order chi connectivity index (χ0) is 15.1. The number of hydrogen-bond donors (Lipinski definition) is 2. The van der Waals surface area contributed by atoms with Crippen LogP contribution in [0.2, 0.25) is 0 Å². The molecule has 3 N–H and O–H groups in total. The summed E-state index contributed by atoms with van der Waals surface area (Å²) >= 11 is 1.72. The first-order valence-corrected chi connectivity index (χ1v) is 7.66. The topological polar surface area (TPSA) is 55.1 Å². The Morgan fingerprint density at radius 1 is 1.19 bits per heavy atom. The van der Waals surface area contributed by atoms with Gasteiger partial charge in [0.05, 0.1) is 11.4 Å². The number of hydrogen-bond acceptors (Lipinski definition) is 3. The van der Waals surface area contributed by atoms with Gasteiger partial charge < -0.3 is 11.1 Å². The van der Waals surface area contributed by atoms with Gasteiger partial charge in [-0.15, -0.1) is 11.8 Å². The van der Waals surface area contributed by atoms with E-state index < -0.39 is 5.82 Å². The molecule has 0 aromatic heterocycles. The maximum atomic E-state index is 12.9. The number of thioether (sulfide) groups is 1. The van der Waals surface area contributed by atoms with Crippen molar-refractivity contribution >= 4 is 29.0 Å². The van der Waals surface area contributed by atoms with Crippen LogP contribution in [0.3, 0.4) is 0 Å². The van der Waals surface area contributed by atoms with Gasteiger partial charge in [-0.1, -0.05) is 18.2 Å². The second-order valence-electron chi connectivity index (χ2n) is 4.54. The van der Waals surface area contributed by atoms with Gasteiger partial charge >= 0.3 is 0 Å². The van der Waals surface area contributed by atoms with Crippen LogP contribution >= 0.6 is 11.8 Å². The van der Waals surface area contributed by atoms with Crippen molar-refractivity contribution in [3.8, 4) is 0 Å². The second-order valence-corrected chi connectivity index (χ2v) is 5.71. The van der Waals surface area contributed by atoms with Crippen LogP contribution in [0.15, 0.2) is 53.4 Å². The number of nitrogens with two attached hydrogens (primary N) is 1. The standard InChI is InChI=1S/C16H17FN2OS/c17-12-8-9-15(14(18)11-12)19-16(20)7-4-10-21-13-5-2-1-3-6-13/h1-3,5-6,8-9,11H,4,7,10,18H2,(H,19,20). The smallest absolute Gasteiger partial charge is 0.224 e. The molecule has 0 saturated carbocycles. The van der Waals surface area contributed by atoms with Crippen molar-refractivity contribution in [1.29, 1.82) is 0 Å². The van der Waals surface area contributed by atoms with E-state index in [-0.39, 0.29) is 11.6 Å². The molecule has 3 nitrogen and oxygen atoms in total. The van der Waals surface area contributed by atoms with E-state index in [0.717, 1.165) is 12.2 Å². The molecule has 0 spiro atoms. The predicted octanol–water partition coefficient (Wildman–Crippen LogP) is 3.92. The molecule has 2 aromatic carbocycles. The molecule has 0 bridgehead atoms. The summed E-state index contributed by atoms with van der Waals surface area (Å²) in [6, 6.07) is 14.0. The third-order valence-corrected chi connectivity index (χ3v) is 3.95. The molecule has 1 amide bonds. The molecule has 0 saturated heterocycles. The van der Waals surface area contributed by atoms with E-state index >= 15 is 0 Å². The molecule has 0 heterocycles. The highest BCUT2D eigenvalue weighted by Gasteiger charge is 2.06. The van der Waals surface area contributed by atoms with Gasteiger partial charge in [0.15, 0.2) is 0 Å². The van der Waals surface area contributed by atoms with Gasteiger partial charge in [0.2, 0.25) is 5.91 Å². The molecule has 0 radical (unpaired) electrons. The highest BCUT2D eigenvalue weighted by atomic mass is 32.2. The number of benzene rings is 2. The molecule has 0 atom stereocenters. The summed E-state index contributed by atoms with van der Waals surface area (Å²) in [6.07, 6.45) is 1.18. The minimum atomic E-state index is -0.412.